The number of fused-ring (bicyclic) bond motifs is 2. The summed E-state index contributed by atoms with van der Waals surface area (Å²) in [6, 6.07) is 28.1. The molecule has 0 atom stereocenters. The van der Waals surface area contributed by atoms with Gasteiger partial charge < -0.3 is 24.5 Å². The van der Waals surface area contributed by atoms with Gasteiger partial charge in [0.15, 0.2) is 0 Å². The number of aromatic nitrogens is 4. The molecule has 0 radical (unpaired) electrons. The van der Waals surface area contributed by atoms with Crippen molar-refractivity contribution < 1.29 is 4.74 Å². The number of benzene rings is 4. The maximum Gasteiger partial charge on any atom is 0.208 e. The molecule has 0 aliphatic heterocycles. The van der Waals surface area contributed by atoms with Crippen LogP contribution in [0.3, 0.4) is 0 Å². The molecule has 4 aromatic carbocycles. The molecule has 0 aliphatic carbocycles. The Morgan fingerprint density at radius 3 is 1.62 bits per heavy atom. The Morgan fingerprint density at radius 1 is 0.676 bits per heavy atom. The van der Waals surface area contributed by atoms with E-state index in [9.17, 15) is 0 Å². The Hall–Kier alpha value is -4.24. The lowest BCUT2D eigenvalue weighted by atomic mass is 9.96. The Labute approximate surface area is 223 Å². The van der Waals surface area contributed by atoms with Crippen molar-refractivity contribution in [2.45, 2.75) is 0 Å². The lowest BCUT2D eigenvalue weighted by molar-refractivity contribution is 0.484. The highest BCUT2D eigenvalue weighted by atomic mass is 79.9. The molecule has 0 bridgehead atoms. The van der Waals surface area contributed by atoms with Gasteiger partial charge in [-0.15, -0.1) is 0 Å². The first-order chi connectivity index (χ1) is 17.9. The molecule has 182 valence electrons. The normalized spacial score (nSPS) is 11.2. The van der Waals surface area contributed by atoms with E-state index in [4.69, 9.17) is 14.7 Å². The van der Waals surface area contributed by atoms with Crippen LogP contribution < -0.4 is 20.8 Å². The second-order valence-electron chi connectivity index (χ2n) is 9.01. The van der Waals surface area contributed by atoms with Gasteiger partial charge in [-0.2, -0.15) is 0 Å². The average Bonchev–Trinajstić information content (AvgIpc) is 3.37. The average molecular weight is 551 g/mol. The van der Waals surface area contributed by atoms with Crippen LogP contribution in [-0.2, 0) is 14.1 Å². The Bertz CT molecular complexity index is 1610. The maximum absolute atomic E-state index is 6.21. The molecule has 0 unspecified atom stereocenters. The van der Waals surface area contributed by atoms with Gasteiger partial charge in [-0.1, -0.05) is 33.5 Å². The van der Waals surface area contributed by atoms with Gasteiger partial charge in [0, 0.05) is 42.1 Å². The summed E-state index contributed by atoms with van der Waals surface area (Å²) in [6.45, 7) is 0. The van der Waals surface area contributed by atoms with Crippen LogP contribution in [0.15, 0.2) is 89.4 Å². The molecule has 6 rings (SSSR count). The van der Waals surface area contributed by atoms with Crippen molar-refractivity contribution in [1.29, 1.82) is 0 Å². The zero-order valence-corrected chi connectivity index (χ0v) is 22.2. The molecule has 2 N–H and O–H groups in total. The van der Waals surface area contributed by atoms with Crippen LogP contribution in [0.2, 0.25) is 0 Å². The molecule has 0 saturated carbocycles. The van der Waals surface area contributed by atoms with Gasteiger partial charge in [0.25, 0.3) is 0 Å². The summed E-state index contributed by atoms with van der Waals surface area (Å²) < 4.78 is 11.3. The zero-order valence-electron chi connectivity index (χ0n) is 20.7. The first kappa shape index (κ1) is 23.2. The Balaban J connectivity index is 1.24. The monoisotopic (exact) mass is 550 g/mol. The number of nitrogens with zero attached hydrogens (tertiary/aromatic N) is 4. The lowest BCUT2D eigenvalue weighted by Gasteiger charge is -2.07. The van der Waals surface area contributed by atoms with E-state index in [2.05, 4.69) is 58.7 Å². The number of rotatable bonds is 6. The van der Waals surface area contributed by atoms with Crippen molar-refractivity contribution in [2.24, 2.45) is 14.1 Å². The molecule has 2 aromatic heterocycles. The quantitative estimate of drug-likeness (QED) is 0.258. The third-order valence-corrected chi connectivity index (χ3v) is 6.88. The highest BCUT2D eigenvalue weighted by Gasteiger charge is 2.12. The summed E-state index contributed by atoms with van der Waals surface area (Å²) in [5.41, 5.74) is 6.93. The first-order valence-electron chi connectivity index (χ1n) is 11.9. The second-order valence-corrected chi connectivity index (χ2v) is 9.93. The van der Waals surface area contributed by atoms with Crippen LogP contribution in [-0.4, -0.2) is 26.9 Å². The summed E-state index contributed by atoms with van der Waals surface area (Å²) in [4.78, 5) is 9.57. The highest BCUT2D eigenvalue weighted by molar-refractivity contribution is 9.10. The Kier molecular flexibility index (Phi) is 5.85. The van der Waals surface area contributed by atoms with Crippen molar-refractivity contribution in [3.05, 3.63) is 89.4 Å². The molecule has 7 nitrogen and oxygen atoms in total. The minimum absolute atomic E-state index is 0.717. The van der Waals surface area contributed by atoms with E-state index in [1.165, 1.54) is 5.46 Å². The molecule has 2 heterocycles. The van der Waals surface area contributed by atoms with E-state index in [-0.39, 0.29) is 0 Å². The molecular formula is C28H24BBrN6O. The van der Waals surface area contributed by atoms with Crippen molar-refractivity contribution in [3.8, 4) is 11.5 Å². The maximum atomic E-state index is 6.21. The minimum atomic E-state index is 0.717. The van der Waals surface area contributed by atoms with E-state index in [1.54, 1.807) is 0 Å². The van der Waals surface area contributed by atoms with Gasteiger partial charge >= 0.3 is 0 Å². The van der Waals surface area contributed by atoms with Crippen molar-refractivity contribution in [2.75, 3.05) is 10.6 Å². The van der Waals surface area contributed by atoms with E-state index < -0.39 is 0 Å². The van der Waals surface area contributed by atoms with Gasteiger partial charge in [0.2, 0.25) is 11.9 Å². The van der Waals surface area contributed by atoms with Crippen LogP contribution in [0.25, 0.3) is 22.1 Å². The summed E-state index contributed by atoms with van der Waals surface area (Å²) >= 11 is 3.47. The van der Waals surface area contributed by atoms with Gasteiger partial charge in [-0.3, -0.25) is 0 Å². The molecule has 0 saturated heterocycles. The fourth-order valence-electron chi connectivity index (χ4n) is 4.27. The van der Waals surface area contributed by atoms with E-state index >= 15 is 0 Å². The molecule has 0 aliphatic rings. The third-order valence-electron chi connectivity index (χ3n) is 6.35. The van der Waals surface area contributed by atoms with Gasteiger partial charge in [0.05, 0.1) is 22.1 Å². The molecule has 0 spiro atoms. The first-order valence-corrected chi connectivity index (χ1v) is 12.7. The van der Waals surface area contributed by atoms with Crippen LogP contribution >= 0.6 is 15.9 Å². The Morgan fingerprint density at radius 2 is 1.14 bits per heavy atom. The number of halogens is 1. The van der Waals surface area contributed by atoms with Gasteiger partial charge in [-0.25, -0.2) is 9.97 Å². The molecule has 9 heteroatoms. The van der Waals surface area contributed by atoms with Crippen LogP contribution in [0.4, 0.5) is 23.3 Å². The largest absolute Gasteiger partial charge is 0.457 e. The van der Waals surface area contributed by atoms with Crippen molar-refractivity contribution >= 4 is 74.6 Å². The number of ether oxygens (including phenoxy) is 1. The fraction of sp³-hybridized carbons (Fsp3) is 0.0714. The second kappa shape index (κ2) is 9.33. The van der Waals surface area contributed by atoms with E-state index in [0.29, 0.717) is 5.75 Å². The number of nitrogens with one attached hydrogen (secondary N) is 2. The number of imidazole rings is 2. The van der Waals surface area contributed by atoms with Crippen LogP contribution in [0, 0.1) is 0 Å². The predicted molar refractivity (Wildman–Crippen MR) is 157 cm³/mol. The number of aryl methyl sites for hydroxylation is 2. The molecule has 0 amide bonds. The molecular weight excluding hydrogens is 527 g/mol. The van der Waals surface area contributed by atoms with Crippen LogP contribution in [0.5, 0.6) is 11.5 Å². The topological polar surface area (TPSA) is 68.9 Å². The summed E-state index contributed by atoms with van der Waals surface area (Å²) in [5.74, 6) is 2.97. The number of anilines is 4. The molecule has 6 aromatic rings. The minimum Gasteiger partial charge on any atom is -0.457 e. The third kappa shape index (κ3) is 4.65. The van der Waals surface area contributed by atoms with Gasteiger partial charge in [0.1, 0.15) is 19.3 Å². The zero-order chi connectivity index (χ0) is 25.5. The number of hydrogen-bond acceptors (Lipinski definition) is 5. The summed E-state index contributed by atoms with van der Waals surface area (Å²) in [7, 11) is 6.07. The molecule has 0 fully saturated rings. The predicted octanol–water partition coefficient (Wildman–Crippen LogP) is 5.76. The van der Waals surface area contributed by atoms with Crippen LogP contribution in [0.1, 0.15) is 0 Å². The lowest BCUT2D eigenvalue weighted by Crippen LogP contribution is -2.03. The summed E-state index contributed by atoms with van der Waals surface area (Å²) in [6.07, 6.45) is 0. The smallest absolute Gasteiger partial charge is 0.208 e. The van der Waals surface area contributed by atoms with E-state index in [1.807, 2.05) is 83.9 Å². The highest BCUT2D eigenvalue weighted by Crippen LogP contribution is 2.31. The summed E-state index contributed by atoms with van der Waals surface area (Å²) in [5, 5.41) is 6.78. The van der Waals surface area contributed by atoms with Gasteiger partial charge in [-0.05, 0) is 60.7 Å². The molecule has 37 heavy (non-hydrogen) atoms. The van der Waals surface area contributed by atoms with E-state index in [0.717, 1.165) is 55.6 Å². The van der Waals surface area contributed by atoms with Crippen molar-refractivity contribution in [3.63, 3.8) is 0 Å². The van der Waals surface area contributed by atoms with Crippen molar-refractivity contribution in [1.82, 2.24) is 19.1 Å². The fourth-order valence-corrected chi connectivity index (χ4v) is 4.54. The standard InChI is InChI=1S/C28H24BBrN6O/c1-35-25-13-11-21(15-23(25)33-27(35)31-19-7-3-17(29)4-8-19)37-22-12-14-26-24(16-22)34-28(36(26)2)32-20-9-5-18(30)6-10-20/h3-16H,29H2,1-2H3,(H,31,33)(H,32,34). The number of hydrogen-bond donors (Lipinski definition) is 2. The SMILES string of the molecule is Bc1ccc(Nc2nc3cc(Oc4ccc5c(c4)nc(Nc4ccc(Br)cc4)n5C)ccc3n2C)cc1.